The fourth-order valence-electron chi connectivity index (χ4n) is 2.44. The van der Waals surface area contributed by atoms with Gasteiger partial charge in [0.2, 0.25) is 0 Å². The molecule has 0 aromatic heterocycles. The van der Waals surface area contributed by atoms with E-state index in [2.05, 4.69) is 5.32 Å². The van der Waals surface area contributed by atoms with Crippen molar-refractivity contribution in [2.24, 2.45) is 5.92 Å². The molecule has 0 unspecified atom stereocenters. The number of nitrogens with one attached hydrogen (secondary N) is 1. The fourth-order valence-corrected chi connectivity index (χ4v) is 2.73. The quantitative estimate of drug-likeness (QED) is 0.729. The largest absolute Gasteiger partial charge is 0.385 e. The first-order chi connectivity index (χ1) is 8.25. The maximum atomic E-state index is 5.99. The number of halogens is 2. The van der Waals surface area contributed by atoms with Crippen molar-refractivity contribution in [1.82, 2.24) is 0 Å². The van der Waals surface area contributed by atoms with Gasteiger partial charge in [-0.1, -0.05) is 48.9 Å². The van der Waals surface area contributed by atoms with Gasteiger partial charge in [-0.2, -0.15) is 0 Å². The lowest BCUT2D eigenvalue weighted by atomic mass is 10.0. The van der Waals surface area contributed by atoms with E-state index in [9.17, 15) is 0 Å². The molecule has 0 aliphatic heterocycles. The lowest BCUT2D eigenvalue weighted by molar-refractivity contribution is 0.483. The Morgan fingerprint density at radius 2 is 1.71 bits per heavy atom. The Morgan fingerprint density at radius 3 is 2.35 bits per heavy atom. The second-order valence-corrected chi connectivity index (χ2v) is 5.68. The van der Waals surface area contributed by atoms with Gasteiger partial charge < -0.3 is 5.32 Å². The van der Waals surface area contributed by atoms with Crippen molar-refractivity contribution in [2.75, 3.05) is 11.9 Å². The highest BCUT2D eigenvalue weighted by Gasteiger charge is 2.11. The predicted octanol–water partition coefficient (Wildman–Crippen LogP) is 5.38. The smallest absolute Gasteiger partial charge is 0.0612 e. The first-order valence-corrected chi connectivity index (χ1v) is 7.20. The first kappa shape index (κ1) is 13.0. The van der Waals surface area contributed by atoms with Gasteiger partial charge in [-0.05, 0) is 37.0 Å². The Kier molecular flexibility index (Phi) is 4.99. The topological polar surface area (TPSA) is 12.0 Å². The molecule has 1 nitrogen and oxygen atoms in total. The summed E-state index contributed by atoms with van der Waals surface area (Å²) in [6, 6.07) is 5.74. The lowest BCUT2D eigenvalue weighted by Crippen LogP contribution is -2.13. The molecule has 0 atom stereocenters. The zero-order valence-electron chi connectivity index (χ0n) is 10.0. The van der Waals surface area contributed by atoms with Gasteiger partial charge in [0.15, 0.2) is 0 Å². The number of anilines is 1. The van der Waals surface area contributed by atoms with Crippen LogP contribution in [0.25, 0.3) is 0 Å². The zero-order chi connectivity index (χ0) is 12.1. The van der Waals surface area contributed by atoms with Crippen molar-refractivity contribution >= 4 is 28.9 Å². The van der Waals surface area contributed by atoms with Gasteiger partial charge in [-0.3, -0.25) is 0 Å². The second kappa shape index (κ2) is 6.51. The third-order valence-electron chi connectivity index (χ3n) is 3.49. The van der Waals surface area contributed by atoms with Crippen LogP contribution in [0, 0.1) is 5.92 Å². The molecule has 0 heterocycles. The van der Waals surface area contributed by atoms with Gasteiger partial charge in [0.1, 0.15) is 0 Å². The van der Waals surface area contributed by atoms with Crippen LogP contribution >= 0.6 is 23.2 Å². The molecule has 2 rings (SSSR count). The molecule has 1 aliphatic carbocycles. The summed E-state index contributed by atoms with van der Waals surface area (Å²) in [6.07, 6.45) is 8.29. The average Bonchev–Trinajstić information content (AvgIpc) is 2.59. The molecule has 1 saturated carbocycles. The van der Waals surface area contributed by atoms with Gasteiger partial charge in [0.05, 0.1) is 10.0 Å². The van der Waals surface area contributed by atoms with E-state index < -0.39 is 0 Å². The summed E-state index contributed by atoms with van der Waals surface area (Å²) in [5.41, 5.74) is 1.07. The lowest BCUT2D eigenvalue weighted by Gasteiger charge is -2.16. The third-order valence-corrected chi connectivity index (χ3v) is 4.23. The van der Waals surface area contributed by atoms with Crippen LogP contribution in [-0.4, -0.2) is 6.54 Å². The van der Waals surface area contributed by atoms with E-state index in [1.54, 1.807) is 0 Å². The molecule has 0 saturated heterocycles. The summed E-state index contributed by atoms with van der Waals surface area (Å²) < 4.78 is 0. The number of rotatable bonds is 3. The SMILES string of the molecule is Clc1ccc(NCC2CCCCCC2)cc1Cl. The van der Waals surface area contributed by atoms with E-state index >= 15 is 0 Å². The zero-order valence-corrected chi connectivity index (χ0v) is 11.5. The molecule has 0 amide bonds. The Balaban J connectivity index is 1.85. The average molecular weight is 272 g/mol. The van der Waals surface area contributed by atoms with E-state index in [0.29, 0.717) is 10.0 Å². The van der Waals surface area contributed by atoms with Crippen LogP contribution in [0.2, 0.25) is 10.0 Å². The van der Waals surface area contributed by atoms with Crippen molar-refractivity contribution in [2.45, 2.75) is 38.5 Å². The minimum Gasteiger partial charge on any atom is -0.385 e. The van der Waals surface area contributed by atoms with Crippen LogP contribution in [0.1, 0.15) is 38.5 Å². The molecule has 0 bridgehead atoms. The molecular formula is C14H19Cl2N. The van der Waals surface area contributed by atoms with Gasteiger partial charge in [0, 0.05) is 12.2 Å². The van der Waals surface area contributed by atoms with Crippen LogP contribution in [-0.2, 0) is 0 Å². The predicted molar refractivity (Wildman–Crippen MR) is 76.1 cm³/mol. The highest BCUT2D eigenvalue weighted by atomic mass is 35.5. The van der Waals surface area contributed by atoms with Crippen molar-refractivity contribution < 1.29 is 0 Å². The minimum absolute atomic E-state index is 0.617. The van der Waals surface area contributed by atoms with Crippen molar-refractivity contribution in [3.8, 4) is 0 Å². The Bertz CT molecular complexity index is 357. The van der Waals surface area contributed by atoms with Crippen molar-refractivity contribution in [3.05, 3.63) is 28.2 Å². The van der Waals surface area contributed by atoms with Crippen LogP contribution < -0.4 is 5.32 Å². The molecule has 1 fully saturated rings. The van der Waals surface area contributed by atoms with E-state index in [-0.39, 0.29) is 0 Å². The van der Waals surface area contributed by atoms with Gasteiger partial charge in [0.25, 0.3) is 0 Å². The van der Waals surface area contributed by atoms with Gasteiger partial charge >= 0.3 is 0 Å². The minimum atomic E-state index is 0.617. The first-order valence-electron chi connectivity index (χ1n) is 6.44. The van der Waals surface area contributed by atoms with Gasteiger partial charge in [-0.25, -0.2) is 0 Å². The molecule has 1 aliphatic rings. The maximum absolute atomic E-state index is 5.99. The molecule has 1 N–H and O–H groups in total. The van der Waals surface area contributed by atoms with Crippen molar-refractivity contribution in [1.29, 1.82) is 0 Å². The second-order valence-electron chi connectivity index (χ2n) is 4.87. The monoisotopic (exact) mass is 271 g/mol. The highest BCUT2D eigenvalue weighted by Crippen LogP contribution is 2.26. The Hall–Kier alpha value is -0.400. The van der Waals surface area contributed by atoms with E-state index in [1.807, 2.05) is 18.2 Å². The molecule has 3 heteroatoms. The number of hydrogen-bond acceptors (Lipinski definition) is 1. The van der Waals surface area contributed by atoms with Crippen LogP contribution in [0.5, 0.6) is 0 Å². The van der Waals surface area contributed by atoms with E-state index in [0.717, 1.165) is 18.2 Å². The summed E-state index contributed by atoms with van der Waals surface area (Å²) in [7, 11) is 0. The summed E-state index contributed by atoms with van der Waals surface area (Å²) in [4.78, 5) is 0. The molecule has 17 heavy (non-hydrogen) atoms. The maximum Gasteiger partial charge on any atom is 0.0612 e. The van der Waals surface area contributed by atoms with E-state index in [4.69, 9.17) is 23.2 Å². The standard InChI is InChI=1S/C14H19Cl2N/c15-13-8-7-12(9-14(13)16)17-10-11-5-3-1-2-4-6-11/h7-9,11,17H,1-6,10H2. The summed E-state index contributed by atoms with van der Waals surface area (Å²) in [6.45, 7) is 1.05. The molecule has 0 spiro atoms. The van der Waals surface area contributed by atoms with Gasteiger partial charge in [-0.15, -0.1) is 0 Å². The Morgan fingerprint density at radius 1 is 1.00 bits per heavy atom. The molecule has 94 valence electrons. The molecule has 1 aromatic rings. The fraction of sp³-hybridized carbons (Fsp3) is 0.571. The van der Waals surface area contributed by atoms with Crippen LogP contribution in [0.4, 0.5) is 5.69 Å². The van der Waals surface area contributed by atoms with Crippen molar-refractivity contribution in [3.63, 3.8) is 0 Å². The Labute approximate surface area is 114 Å². The van der Waals surface area contributed by atoms with E-state index in [1.165, 1.54) is 38.5 Å². The number of hydrogen-bond donors (Lipinski definition) is 1. The summed E-state index contributed by atoms with van der Waals surface area (Å²) in [5, 5.41) is 4.71. The molecule has 1 aromatic carbocycles. The third kappa shape index (κ3) is 4.08. The summed E-state index contributed by atoms with van der Waals surface area (Å²) in [5.74, 6) is 0.812. The van der Waals surface area contributed by atoms with Crippen LogP contribution in [0.15, 0.2) is 18.2 Å². The number of benzene rings is 1. The summed E-state index contributed by atoms with van der Waals surface area (Å²) >= 11 is 11.9. The molecule has 0 radical (unpaired) electrons. The normalized spacial score (nSPS) is 17.8. The highest BCUT2D eigenvalue weighted by molar-refractivity contribution is 6.42. The van der Waals surface area contributed by atoms with Crippen LogP contribution in [0.3, 0.4) is 0 Å². The molecular weight excluding hydrogens is 253 g/mol.